The van der Waals surface area contributed by atoms with Gasteiger partial charge >= 0.3 is 0 Å². The van der Waals surface area contributed by atoms with Crippen LogP contribution in [0, 0.1) is 17.5 Å². The summed E-state index contributed by atoms with van der Waals surface area (Å²) in [6.45, 7) is 3.58. The third-order valence-corrected chi connectivity index (χ3v) is 1.94. The molecule has 0 heterocycles. The molecular formula is C11H12F3N. The maximum atomic E-state index is 13.2. The molecule has 15 heavy (non-hydrogen) atoms. The molecule has 0 saturated heterocycles. The molecule has 0 bridgehead atoms. The third-order valence-electron chi connectivity index (χ3n) is 1.94. The molecule has 0 radical (unpaired) electrons. The molecule has 1 aromatic carbocycles. The van der Waals surface area contributed by atoms with Gasteiger partial charge in [0.1, 0.15) is 0 Å². The van der Waals surface area contributed by atoms with Crippen LogP contribution >= 0.6 is 0 Å². The van der Waals surface area contributed by atoms with Gasteiger partial charge in [0.25, 0.3) is 0 Å². The van der Waals surface area contributed by atoms with Crippen LogP contribution < -0.4 is 5.73 Å². The van der Waals surface area contributed by atoms with E-state index in [2.05, 4.69) is 0 Å². The summed E-state index contributed by atoms with van der Waals surface area (Å²) in [7, 11) is 0. The summed E-state index contributed by atoms with van der Waals surface area (Å²) in [4.78, 5) is 0. The minimum absolute atomic E-state index is 0.0462. The molecule has 1 unspecified atom stereocenters. The Morgan fingerprint density at radius 3 is 2.33 bits per heavy atom. The van der Waals surface area contributed by atoms with Crippen molar-refractivity contribution >= 4 is 0 Å². The summed E-state index contributed by atoms with van der Waals surface area (Å²) in [5.41, 5.74) is 6.45. The van der Waals surface area contributed by atoms with Crippen LogP contribution in [0.25, 0.3) is 0 Å². The van der Waals surface area contributed by atoms with Crippen LogP contribution in [-0.4, -0.2) is 0 Å². The van der Waals surface area contributed by atoms with Crippen LogP contribution in [0.4, 0.5) is 13.2 Å². The molecule has 0 amide bonds. The van der Waals surface area contributed by atoms with Crippen LogP contribution in [-0.2, 0) is 0 Å². The lowest BCUT2D eigenvalue weighted by molar-refractivity contribution is 0.439. The van der Waals surface area contributed by atoms with Crippen molar-refractivity contribution in [2.45, 2.75) is 19.9 Å². The van der Waals surface area contributed by atoms with E-state index < -0.39 is 23.5 Å². The number of benzene rings is 1. The minimum Gasteiger partial charge on any atom is -0.321 e. The van der Waals surface area contributed by atoms with E-state index in [-0.39, 0.29) is 5.56 Å². The van der Waals surface area contributed by atoms with E-state index in [1.807, 2.05) is 0 Å². The molecule has 0 spiro atoms. The molecule has 2 N–H and O–H groups in total. The lowest BCUT2D eigenvalue weighted by Gasteiger charge is -2.10. The van der Waals surface area contributed by atoms with E-state index in [1.54, 1.807) is 19.9 Å². The van der Waals surface area contributed by atoms with E-state index in [0.29, 0.717) is 0 Å². The van der Waals surface area contributed by atoms with Gasteiger partial charge in [-0.15, -0.1) is 0 Å². The van der Waals surface area contributed by atoms with Crippen molar-refractivity contribution < 1.29 is 13.2 Å². The minimum atomic E-state index is -1.48. The second-order valence-electron chi connectivity index (χ2n) is 3.53. The molecule has 4 heteroatoms. The van der Waals surface area contributed by atoms with E-state index in [4.69, 9.17) is 5.73 Å². The van der Waals surface area contributed by atoms with E-state index in [9.17, 15) is 13.2 Å². The number of allylic oxidation sites excluding steroid dienone is 1. The van der Waals surface area contributed by atoms with E-state index >= 15 is 0 Å². The molecule has 0 fully saturated rings. The largest absolute Gasteiger partial charge is 0.321 e. The number of nitrogens with two attached hydrogens (primary N) is 1. The summed E-state index contributed by atoms with van der Waals surface area (Å²) in [5.74, 6) is -3.91. The molecule has 1 atom stereocenters. The Kier molecular flexibility index (Phi) is 3.52. The molecule has 0 aliphatic heterocycles. The van der Waals surface area contributed by atoms with Gasteiger partial charge in [-0.25, -0.2) is 13.2 Å². The highest BCUT2D eigenvalue weighted by molar-refractivity contribution is 5.27. The Labute approximate surface area is 86.4 Å². The second kappa shape index (κ2) is 4.49. The van der Waals surface area contributed by atoms with Crippen molar-refractivity contribution in [3.63, 3.8) is 0 Å². The van der Waals surface area contributed by atoms with Crippen LogP contribution in [0.5, 0.6) is 0 Å². The lowest BCUT2D eigenvalue weighted by Crippen LogP contribution is -2.11. The van der Waals surface area contributed by atoms with Crippen molar-refractivity contribution in [2.75, 3.05) is 0 Å². The average molecular weight is 215 g/mol. The van der Waals surface area contributed by atoms with Gasteiger partial charge in [0.05, 0.1) is 6.04 Å². The molecule has 0 aromatic heterocycles. The SMILES string of the molecule is CC(C)=CC(N)c1ccc(F)c(F)c1F. The zero-order chi connectivity index (χ0) is 11.6. The van der Waals surface area contributed by atoms with Gasteiger partial charge in [-0.3, -0.25) is 0 Å². The third kappa shape index (κ3) is 2.59. The van der Waals surface area contributed by atoms with Crippen LogP contribution in [0.3, 0.4) is 0 Å². The van der Waals surface area contributed by atoms with Gasteiger partial charge < -0.3 is 5.73 Å². The van der Waals surface area contributed by atoms with Crippen molar-refractivity contribution in [2.24, 2.45) is 5.73 Å². The summed E-state index contributed by atoms with van der Waals surface area (Å²) < 4.78 is 38.7. The predicted octanol–water partition coefficient (Wildman–Crippen LogP) is 3.07. The molecular weight excluding hydrogens is 203 g/mol. The van der Waals surface area contributed by atoms with Gasteiger partial charge in [0.15, 0.2) is 17.5 Å². The van der Waals surface area contributed by atoms with Gasteiger partial charge in [-0.2, -0.15) is 0 Å². The first-order valence-corrected chi connectivity index (χ1v) is 4.47. The smallest absolute Gasteiger partial charge is 0.194 e. The predicted molar refractivity (Wildman–Crippen MR) is 52.7 cm³/mol. The Morgan fingerprint density at radius 1 is 1.20 bits per heavy atom. The summed E-state index contributed by atoms with van der Waals surface area (Å²) in [5, 5.41) is 0. The quantitative estimate of drug-likeness (QED) is 0.595. The first-order valence-electron chi connectivity index (χ1n) is 4.47. The zero-order valence-corrected chi connectivity index (χ0v) is 8.52. The highest BCUT2D eigenvalue weighted by atomic mass is 19.2. The molecule has 82 valence electrons. The van der Waals surface area contributed by atoms with E-state index in [0.717, 1.165) is 17.7 Å². The Morgan fingerprint density at radius 2 is 1.80 bits per heavy atom. The summed E-state index contributed by atoms with van der Waals surface area (Å²) in [6, 6.07) is 1.26. The Bertz CT molecular complexity index is 395. The fraction of sp³-hybridized carbons (Fsp3) is 0.273. The topological polar surface area (TPSA) is 26.0 Å². The fourth-order valence-corrected chi connectivity index (χ4v) is 1.25. The van der Waals surface area contributed by atoms with Gasteiger partial charge in [-0.1, -0.05) is 17.7 Å². The van der Waals surface area contributed by atoms with Crippen molar-refractivity contribution in [1.82, 2.24) is 0 Å². The van der Waals surface area contributed by atoms with Crippen molar-refractivity contribution in [3.8, 4) is 0 Å². The highest BCUT2D eigenvalue weighted by Gasteiger charge is 2.16. The normalized spacial score (nSPS) is 12.4. The standard InChI is InChI=1S/C11H12F3N/c1-6(2)5-9(15)7-3-4-8(12)11(14)10(7)13/h3-5,9H,15H2,1-2H3. The van der Waals surface area contributed by atoms with Gasteiger partial charge in [-0.05, 0) is 19.9 Å². The monoisotopic (exact) mass is 215 g/mol. The lowest BCUT2D eigenvalue weighted by atomic mass is 10.0. The average Bonchev–Trinajstić information content (AvgIpc) is 2.13. The van der Waals surface area contributed by atoms with Crippen molar-refractivity contribution in [1.29, 1.82) is 0 Å². The molecule has 1 rings (SSSR count). The Hall–Kier alpha value is -1.29. The first-order chi connectivity index (χ1) is 6.93. The number of hydrogen-bond donors (Lipinski definition) is 1. The summed E-state index contributed by atoms with van der Waals surface area (Å²) in [6.07, 6.45) is 1.58. The number of hydrogen-bond acceptors (Lipinski definition) is 1. The number of halogens is 3. The van der Waals surface area contributed by atoms with Crippen LogP contribution in [0.15, 0.2) is 23.8 Å². The van der Waals surface area contributed by atoms with Crippen molar-refractivity contribution in [3.05, 3.63) is 46.8 Å². The molecule has 1 nitrogen and oxygen atoms in total. The molecule has 0 saturated carbocycles. The summed E-state index contributed by atoms with van der Waals surface area (Å²) >= 11 is 0. The van der Waals surface area contributed by atoms with Gasteiger partial charge in [0.2, 0.25) is 0 Å². The molecule has 0 aliphatic carbocycles. The fourth-order valence-electron chi connectivity index (χ4n) is 1.25. The molecule has 0 aliphatic rings. The van der Waals surface area contributed by atoms with E-state index in [1.165, 1.54) is 0 Å². The zero-order valence-electron chi connectivity index (χ0n) is 8.52. The highest BCUT2D eigenvalue weighted by Crippen LogP contribution is 2.21. The molecule has 1 aromatic rings. The second-order valence-corrected chi connectivity index (χ2v) is 3.53. The maximum Gasteiger partial charge on any atom is 0.194 e. The Balaban J connectivity index is 3.16. The first kappa shape index (κ1) is 11.8. The van der Waals surface area contributed by atoms with Crippen LogP contribution in [0.2, 0.25) is 0 Å². The van der Waals surface area contributed by atoms with Crippen LogP contribution in [0.1, 0.15) is 25.5 Å². The maximum absolute atomic E-state index is 13.2. The number of rotatable bonds is 2. The van der Waals surface area contributed by atoms with Gasteiger partial charge in [0, 0.05) is 5.56 Å².